The third-order valence-electron chi connectivity index (χ3n) is 5.20. The van der Waals surface area contributed by atoms with E-state index in [4.69, 9.17) is 0 Å². The van der Waals surface area contributed by atoms with Crippen molar-refractivity contribution in [2.24, 2.45) is 5.92 Å². The molecule has 0 unspecified atom stereocenters. The van der Waals surface area contributed by atoms with Crippen LogP contribution >= 0.6 is 0 Å². The molecule has 132 valence electrons. The van der Waals surface area contributed by atoms with Crippen molar-refractivity contribution in [3.63, 3.8) is 0 Å². The van der Waals surface area contributed by atoms with Crippen LogP contribution in [0.2, 0.25) is 0 Å². The number of nitrogens with one attached hydrogen (secondary N) is 1. The molecule has 2 aromatic heterocycles. The van der Waals surface area contributed by atoms with Gasteiger partial charge in [0, 0.05) is 38.8 Å². The van der Waals surface area contributed by atoms with Crippen molar-refractivity contribution in [1.82, 2.24) is 30.2 Å². The van der Waals surface area contributed by atoms with Crippen LogP contribution in [-0.4, -0.2) is 57.5 Å². The Labute approximate surface area is 147 Å². The highest BCUT2D eigenvalue weighted by molar-refractivity contribution is 5.92. The lowest BCUT2D eigenvalue weighted by Gasteiger charge is -2.31. The molecule has 1 aliphatic heterocycles. The molecule has 2 fully saturated rings. The summed E-state index contributed by atoms with van der Waals surface area (Å²) in [5.41, 5.74) is 1.90. The standard InChI is InChI=1S/C18H24N6O/c1-23(12-13-10-19-11-13)18(25)17-7-6-15(20-21-17)16-8-9-24(22-16)14-4-2-3-5-14/h6-9,13-14,19H,2-5,10-12H2,1H3. The van der Waals surface area contributed by atoms with Crippen molar-refractivity contribution in [3.05, 3.63) is 30.1 Å². The second kappa shape index (κ2) is 6.92. The molecule has 0 bridgehead atoms. The van der Waals surface area contributed by atoms with Crippen LogP contribution in [0.15, 0.2) is 24.4 Å². The molecule has 7 nitrogen and oxygen atoms in total. The lowest BCUT2D eigenvalue weighted by molar-refractivity contribution is 0.0749. The molecule has 0 radical (unpaired) electrons. The molecule has 2 aromatic rings. The van der Waals surface area contributed by atoms with Crippen molar-refractivity contribution in [3.8, 4) is 11.4 Å². The molecule has 3 heterocycles. The van der Waals surface area contributed by atoms with Gasteiger partial charge in [0.25, 0.3) is 5.91 Å². The van der Waals surface area contributed by atoms with E-state index in [1.54, 1.807) is 11.0 Å². The topological polar surface area (TPSA) is 75.9 Å². The Morgan fingerprint density at radius 1 is 1.20 bits per heavy atom. The van der Waals surface area contributed by atoms with E-state index >= 15 is 0 Å². The second-order valence-electron chi connectivity index (χ2n) is 7.13. The lowest BCUT2D eigenvalue weighted by atomic mass is 10.0. The number of amides is 1. The average molecular weight is 340 g/mol. The summed E-state index contributed by atoms with van der Waals surface area (Å²) in [6.45, 7) is 2.71. The zero-order valence-electron chi connectivity index (χ0n) is 14.6. The van der Waals surface area contributed by atoms with Crippen molar-refractivity contribution in [2.45, 2.75) is 31.7 Å². The second-order valence-corrected chi connectivity index (χ2v) is 7.13. The van der Waals surface area contributed by atoms with Crippen LogP contribution in [0.3, 0.4) is 0 Å². The highest BCUT2D eigenvalue weighted by Crippen LogP contribution is 2.29. The Morgan fingerprint density at radius 2 is 2.00 bits per heavy atom. The quantitative estimate of drug-likeness (QED) is 0.897. The fourth-order valence-corrected chi connectivity index (χ4v) is 3.57. The smallest absolute Gasteiger partial charge is 0.274 e. The van der Waals surface area contributed by atoms with Gasteiger partial charge in [-0.1, -0.05) is 12.8 Å². The van der Waals surface area contributed by atoms with Gasteiger partial charge in [-0.2, -0.15) is 5.10 Å². The summed E-state index contributed by atoms with van der Waals surface area (Å²) in [5, 5.41) is 16.2. The summed E-state index contributed by atoms with van der Waals surface area (Å²) in [6.07, 6.45) is 6.97. The molecule has 7 heteroatoms. The van der Waals surface area contributed by atoms with Crippen LogP contribution in [0, 0.1) is 5.92 Å². The molecule has 0 spiro atoms. The molecule has 2 aliphatic rings. The normalized spacial score (nSPS) is 18.3. The molecule has 0 aromatic carbocycles. The summed E-state index contributed by atoms with van der Waals surface area (Å²) >= 11 is 0. The maximum absolute atomic E-state index is 12.4. The number of rotatable bonds is 5. The number of hydrogen-bond donors (Lipinski definition) is 1. The van der Waals surface area contributed by atoms with Crippen molar-refractivity contribution < 1.29 is 4.79 Å². The zero-order valence-corrected chi connectivity index (χ0v) is 14.6. The van der Waals surface area contributed by atoms with E-state index in [0.29, 0.717) is 23.3 Å². The summed E-state index contributed by atoms with van der Waals surface area (Å²) in [7, 11) is 1.82. The van der Waals surface area contributed by atoms with E-state index in [0.717, 1.165) is 25.3 Å². The van der Waals surface area contributed by atoms with E-state index in [-0.39, 0.29) is 5.91 Å². The van der Waals surface area contributed by atoms with E-state index in [2.05, 4.69) is 20.6 Å². The summed E-state index contributed by atoms with van der Waals surface area (Å²) < 4.78 is 2.05. The predicted molar refractivity (Wildman–Crippen MR) is 94.1 cm³/mol. The molecule has 1 aliphatic carbocycles. The third-order valence-corrected chi connectivity index (χ3v) is 5.20. The van der Waals surface area contributed by atoms with Crippen LogP contribution in [0.1, 0.15) is 42.2 Å². The van der Waals surface area contributed by atoms with Crippen LogP contribution < -0.4 is 5.32 Å². The average Bonchev–Trinajstić information content (AvgIpc) is 3.28. The van der Waals surface area contributed by atoms with Gasteiger partial charge in [0.1, 0.15) is 11.4 Å². The van der Waals surface area contributed by atoms with E-state index < -0.39 is 0 Å². The van der Waals surface area contributed by atoms with Gasteiger partial charge in [0.05, 0.1) is 6.04 Å². The Hall–Kier alpha value is -2.28. The fraction of sp³-hybridized carbons (Fsp3) is 0.556. The minimum absolute atomic E-state index is 0.0811. The Kier molecular flexibility index (Phi) is 4.48. The molecule has 4 rings (SSSR count). The first-order chi connectivity index (χ1) is 12.2. The largest absolute Gasteiger partial charge is 0.340 e. The minimum atomic E-state index is -0.0811. The third kappa shape index (κ3) is 3.42. The van der Waals surface area contributed by atoms with Gasteiger partial charge >= 0.3 is 0 Å². The number of aromatic nitrogens is 4. The summed E-state index contributed by atoms with van der Waals surface area (Å²) in [6, 6.07) is 6.06. The van der Waals surface area contributed by atoms with Crippen LogP contribution in [0.25, 0.3) is 11.4 Å². The van der Waals surface area contributed by atoms with E-state index in [9.17, 15) is 4.79 Å². The number of hydrogen-bond acceptors (Lipinski definition) is 5. The van der Waals surface area contributed by atoms with Gasteiger partial charge in [-0.15, -0.1) is 10.2 Å². The Balaban J connectivity index is 1.43. The van der Waals surface area contributed by atoms with Gasteiger partial charge in [-0.25, -0.2) is 0 Å². The molecule has 0 atom stereocenters. The van der Waals surface area contributed by atoms with Gasteiger partial charge in [0.2, 0.25) is 0 Å². The molecular formula is C18H24N6O. The number of carbonyl (C=O) groups excluding carboxylic acids is 1. The zero-order chi connectivity index (χ0) is 17.2. The van der Waals surface area contributed by atoms with Crippen molar-refractivity contribution in [1.29, 1.82) is 0 Å². The van der Waals surface area contributed by atoms with Crippen LogP contribution in [-0.2, 0) is 0 Å². The molecule has 25 heavy (non-hydrogen) atoms. The van der Waals surface area contributed by atoms with E-state index in [1.807, 2.05) is 30.1 Å². The summed E-state index contributed by atoms with van der Waals surface area (Å²) in [4.78, 5) is 14.2. The maximum atomic E-state index is 12.4. The Morgan fingerprint density at radius 3 is 2.64 bits per heavy atom. The molecule has 1 amide bonds. The van der Waals surface area contributed by atoms with Gasteiger partial charge in [-0.3, -0.25) is 9.48 Å². The van der Waals surface area contributed by atoms with Crippen LogP contribution in [0.5, 0.6) is 0 Å². The SMILES string of the molecule is CN(CC1CNC1)C(=O)c1ccc(-c2ccn(C3CCCC3)n2)nn1. The van der Waals surface area contributed by atoms with Crippen molar-refractivity contribution >= 4 is 5.91 Å². The minimum Gasteiger partial charge on any atom is -0.340 e. The van der Waals surface area contributed by atoms with Gasteiger partial charge < -0.3 is 10.2 Å². The number of nitrogens with zero attached hydrogens (tertiary/aromatic N) is 5. The van der Waals surface area contributed by atoms with Crippen molar-refractivity contribution in [2.75, 3.05) is 26.7 Å². The molecular weight excluding hydrogens is 316 g/mol. The first kappa shape index (κ1) is 16.2. The lowest BCUT2D eigenvalue weighted by Crippen LogP contribution is -2.48. The molecule has 1 saturated heterocycles. The first-order valence-corrected chi connectivity index (χ1v) is 9.06. The van der Waals surface area contributed by atoms with E-state index in [1.165, 1.54) is 25.7 Å². The summed E-state index contributed by atoms with van der Waals surface area (Å²) in [5.74, 6) is 0.461. The highest BCUT2D eigenvalue weighted by atomic mass is 16.2. The van der Waals surface area contributed by atoms with Crippen LogP contribution in [0.4, 0.5) is 0 Å². The van der Waals surface area contributed by atoms with Gasteiger partial charge in [-0.05, 0) is 31.0 Å². The fourth-order valence-electron chi connectivity index (χ4n) is 3.57. The maximum Gasteiger partial charge on any atom is 0.274 e. The Bertz CT molecular complexity index is 730. The first-order valence-electron chi connectivity index (χ1n) is 9.06. The van der Waals surface area contributed by atoms with Gasteiger partial charge in [0.15, 0.2) is 5.69 Å². The number of carbonyl (C=O) groups is 1. The molecule has 1 N–H and O–H groups in total. The predicted octanol–water partition coefficient (Wildman–Crippen LogP) is 1.75. The highest BCUT2D eigenvalue weighted by Gasteiger charge is 2.23. The monoisotopic (exact) mass is 340 g/mol. The molecule has 1 saturated carbocycles.